The quantitative estimate of drug-likeness (QED) is 0.177. The summed E-state index contributed by atoms with van der Waals surface area (Å²) in [6.07, 6.45) is 6.71. The van der Waals surface area contributed by atoms with E-state index in [-0.39, 0.29) is 0 Å². The largest absolute Gasteiger partial charge is 0.0616 e. The normalized spacial score (nSPS) is 14.9. The first-order chi connectivity index (χ1) is 22.8. The number of hydrogen-bond acceptors (Lipinski definition) is 0. The maximum absolute atomic E-state index is 2.54. The molecule has 0 spiro atoms. The average Bonchev–Trinajstić information content (AvgIpc) is 3.60. The zero-order valence-corrected chi connectivity index (χ0v) is 25.7. The summed E-state index contributed by atoms with van der Waals surface area (Å²) in [7, 11) is 0. The highest BCUT2D eigenvalue weighted by Gasteiger charge is 2.20. The number of hydrogen-bond donors (Lipinski definition) is 0. The molecule has 0 bridgehead atoms. The molecule has 46 heavy (non-hydrogen) atoms. The fourth-order valence-corrected chi connectivity index (χ4v) is 9.33. The van der Waals surface area contributed by atoms with Gasteiger partial charge in [-0.05, 0) is 151 Å². The van der Waals surface area contributed by atoms with Crippen LogP contribution >= 0.6 is 0 Å². The van der Waals surface area contributed by atoms with Crippen molar-refractivity contribution >= 4 is 43.1 Å². The van der Waals surface area contributed by atoms with Gasteiger partial charge in [0, 0.05) is 0 Å². The van der Waals surface area contributed by atoms with Crippen molar-refractivity contribution in [2.75, 3.05) is 0 Å². The molecule has 0 aliphatic heterocycles. The van der Waals surface area contributed by atoms with Crippen molar-refractivity contribution in [1.29, 1.82) is 0 Å². The Labute approximate surface area is 266 Å². The van der Waals surface area contributed by atoms with Crippen LogP contribution < -0.4 is 0 Å². The highest BCUT2D eigenvalue weighted by Crippen LogP contribution is 2.40. The van der Waals surface area contributed by atoms with E-state index in [4.69, 9.17) is 0 Å². The zero-order chi connectivity index (χ0) is 29.9. The van der Waals surface area contributed by atoms with Crippen molar-refractivity contribution < 1.29 is 0 Å². The average molecular weight is 585 g/mol. The van der Waals surface area contributed by atoms with Crippen molar-refractivity contribution in [3.63, 3.8) is 0 Å². The van der Waals surface area contributed by atoms with Gasteiger partial charge in [0.2, 0.25) is 0 Å². The molecule has 8 aromatic rings. The van der Waals surface area contributed by atoms with E-state index in [1.807, 2.05) is 0 Å². The Hall–Kier alpha value is -5.20. The van der Waals surface area contributed by atoms with Crippen LogP contribution in [0.3, 0.4) is 0 Å². The van der Waals surface area contributed by atoms with Crippen LogP contribution in [0.25, 0.3) is 54.2 Å². The Morgan fingerprint density at radius 1 is 0.391 bits per heavy atom. The molecule has 0 radical (unpaired) electrons. The Bertz CT molecular complexity index is 3000. The van der Waals surface area contributed by atoms with Crippen LogP contribution in [0, 0.1) is 41.7 Å². The van der Waals surface area contributed by atoms with Crippen molar-refractivity contribution in [3.8, 4) is 11.1 Å². The topological polar surface area (TPSA) is 0 Å². The molecule has 0 unspecified atom stereocenters. The van der Waals surface area contributed by atoms with Gasteiger partial charge in [0.1, 0.15) is 0 Å². The molecule has 1 fully saturated rings. The number of rotatable bonds is 2. The molecule has 1 saturated carbocycles. The molecular weight excluding hydrogens is 553 g/mol. The summed E-state index contributed by atoms with van der Waals surface area (Å²) in [5.74, 6) is 0.673. The summed E-state index contributed by atoms with van der Waals surface area (Å²) in [5, 5.41) is 21.8. The molecule has 3 aliphatic rings. The third-order valence-corrected chi connectivity index (χ3v) is 11.4. The minimum Gasteiger partial charge on any atom is -0.0616 e. The summed E-state index contributed by atoms with van der Waals surface area (Å²) in [4.78, 5) is 0. The second-order valence-electron chi connectivity index (χ2n) is 13.9. The zero-order valence-electron chi connectivity index (χ0n) is 25.7. The lowest BCUT2D eigenvalue weighted by Gasteiger charge is -2.22. The molecule has 0 nitrogen and oxygen atoms in total. The molecule has 0 heteroatoms. The first-order valence-corrected chi connectivity index (χ1v) is 17.0. The van der Waals surface area contributed by atoms with Gasteiger partial charge in [-0.3, -0.25) is 0 Å². The molecule has 0 amide bonds. The van der Waals surface area contributed by atoms with Gasteiger partial charge in [-0.15, -0.1) is 0 Å². The van der Waals surface area contributed by atoms with E-state index in [1.54, 1.807) is 0 Å². The van der Waals surface area contributed by atoms with E-state index in [9.17, 15) is 0 Å². The fraction of sp³-hybridized carbons (Fsp3) is 0.130. The van der Waals surface area contributed by atoms with Crippen molar-refractivity contribution in [3.05, 3.63) is 175 Å². The van der Waals surface area contributed by atoms with Gasteiger partial charge in [0.15, 0.2) is 0 Å². The summed E-state index contributed by atoms with van der Waals surface area (Å²) in [6, 6.07) is 49.1. The van der Waals surface area contributed by atoms with E-state index in [2.05, 4.69) is 127 Å². The van der Waals surface area contributed by atoms with Gasteiger partial charge in [0.05, 0.1) is 0 Å². The van der Waals surface area contributed by atoms with Crippen LogP contribution in [-0.4, -0.2) is 0 Å². The Kier molecular flexibility index (Phi) is 5.00. The minimum atomic E-state index is 0.673. The number of fused-ring (bicyclic) bond motifs is 5. The van der Waals surface area contributed by atoms with Crippen molar-refractivity contribution in [2.24, 2.45) is 0 Å². The fourth-order valence-electron chi connectivity index (χ4n) is 9.33. The highest BCUT2D eigenvalue weighted by molar-refractivity contribution is 6.06. The van der Waals surface area contributed by atoms with Gasteiger partial charge in [0.25, 0.3) is 0 Å². The summed E-state index contributed by atoms with van der Waals surface area (Å²) >= 11 is 0. The predicted molar refractivity (Wildman–Crippen MR) is 191 cm³/mol. The lowest BCUT2D eigenvalue weighted by atomic mass is 9.82. The maximum Gasteiger partial charge on any atom is -0.00136 e. The van der Waals surface area contributed by atoms with Gasteiger partial charge in [-0.1, -0.05) is 116 Å². The van der Waals surface area contributed by atoms with E-state index >= 15 is 0 Å². The van der Waals surface area contributed by atoms with Crippen LogP contribution in [0.4, 0.5) is 0 Å². The predicted octanol–water partition coefficient (Wildman–Crippen LogP) is 11.8. The lowest BCUT2D eigenvalue weighted by Crippen LogP contribution is -2.04. The smallest absolute Gasteiger partial charge is 0.00136 e. The Morgan fingerprint density at radius 3 is 1.65 bits per heavy atom. The van der Waals surface area contributed by atoms with Crippen LogP contribution in [0.1, 0.15) is 43.6 Å². The molecule has 11 rings (SSSR count). The molecule has 0 N–H and O–H groups in total. The Morgan fingerprint density at radius 2 is 0.957 bits per heavy atom. The van der Waals surface area contributed by atoms with E-state index in [1.165, 1.54) is 134 Å². The van der Waals surface area contributed by atoms with Gasteiger partial charge in [-0.25, -0.2) is 0 Å². The van der Waals surface area contributed by atoms with Gasteiger partial charge < -0.3 is 0 Å². The molecule has 0 aromatic heterocycles. The number of benzene rings is 8. The molecule has 3 aliphatic carbocycles. The first-order valence-electron chi connectivity index (χ1n) is 17.0. The molecule has 0 heterocycles. The van der Waals surface area contributed by atoms with E-state index < -0.39 is 0 Å². The lowest BCUT2D eigenvalue weighted by molar-refractivity contribution is 0.444. The third-order valence-electron chi connectivity index (χ3n) is 11.4. The van der Waals surface area contributed by atoms with E-state index in [0.29, 0.717) is 5.92 Å². The van der Waals surface area contributed by atoms with Gasteiger partial charge in [-0.2, -0.15) is 0 Å². The van der Waals surface area contributed by atoms with Crippen LogP contribution in [0.2, 0.25) is 0 Å². The third kappa shape index (κ3) is 3.34. The molecular formula is C46H32. The maximum atomic E-state index is 2.54. The van der Waals surface area contributed by atoms with Crippen molar-refractivity contribution in [1.82, 2.24) is 0 Å². The second kappa shape index (κ2) is 9.18. The van der Waals surface area contributed by atoms with Crippen LogP contribution in [-0.2, 0) is 0 Å². The molecule has 0 atom stereocenters. The first kappa shape index (κ1) is 25.0. The summed E-state index contributed by atoms with van der Waals surface area (Å²) in [5.41, 5.74) is 4.27. The van der Waals surface area contributed by atoms with E-state index in [0.717, 1.165) is 0 Å². The van der Waals surface area contributed by atoms with Gasteiger partial charge >= 0.3 is 0 Å². The highest BCUT2D eigenvalue weighted by atomic mass is 14.2. The van der Waals surface area contributed by atoms with Crippen LogP contribution in [0.15, 0.2) is 127 Å². The monoisotopic (exact) mass is 584 g/mol. The standard InChI is InChI=1S/C46H32/c1-2-9-27(10-3-1)28-15-8-16-33(21-28)43-39-23-30-12-5-4-11-29(30)22-34(39)26-42-37-18-17-35-40-24-31-13-6-7-14-32(31)25-41(40)36-19-20-38(46(42)43)45(37)44(35)36/h4-8,11-27H,1-3,9-10H2. The van der Waals surface area contributed by atoms with Crippen LogP contribution in [0.5, 0.6) is 0 Å². The summed E-state index contributed by atoms with van der Waals surface area (Å²) in [6.45, 7) is 0. The molecule has 8 aromatic carbocycles. The summed E-state index contributed by atoms with van der Waals surface area (Å²) < 4.78 is 0. The molecule has 216 valence electrons. The SMILES string of the molecule is c1cc(-c2c3c(cc4cc5ccccc5cc24)=c2ccc4c5c(ccc=3c25)=c2cc3ccccc3cc2=4)cc(C2CCCCC2)c1. The second-order valence-corrected chi connectivity index (χ2v) is 13.9. The Balaban J connectivity index is 1.35. The van der Waals surface area contributed by atoms with Crippen molar-refractivity contribution in [2.45, 2.75) is 38.0 Å². The minimum absolute atomic E-state index is 0.673. The molecule has 0 saturated heterocycles.